The van der Waals surface area contributed by atoms with Gasteiger partial charge in [0, 0.05) is 6.54 Å². The Morgan fingerprint density at radius 3 is 3.06 bits per heavy atom. The molecule has 1 aromatic carbocycles. The fraction of sp³-hybridized carbons (Fsp3) is 0.308. The summed E-state index contributed by atoms with van der Waals surface area (Å²) < 4.78 is 20.8. The number of ether oxygens (including phenoxy) is 1. The molecule has 18 heavy (non-hydrogen) atoms. The molecule has 1 unspecified atom stereocenters. The second kappa shape index (κ2) is 4.78. The van der Waals surface area contributed by atoms with Gasteiger partial charge in [0.15, 0.2) is 5.75 Å². The summed E-state index contributed by atoms with van der Waals surface area (Å²) >= 11 is 0. The van der Waals surface area contributed by atoms with Crippen molar-refractivity contribution in [3.8, 4) is 11.4 Å². The van der Waals surface area contributed by atoms with E-state index in [1.807, 2.05) is 0 Å². The normalized spacial score (nSPS) is 19.1. The molecule has 1 saturated heterocycles. The zero-order valence-electron chi connectivity index (χ0n) is 9.84. The number of rotatable bonds is 3. The van der Waals surface area contributed by atoms with Crippen molar-refractivity contribution >= 4 is 0 Å². The van der Waals surface area contributed by atoms with E-state index < -0.39 is 0 Å². The molecule has 1 N–H and O–H groups in total. The van der Waals surface area contributed by atoms with Crippen LogP contribution in [0.2, 0.25) is 0 Å². The first-order chi connectivity index (χ1) is 8.83. The van der Waals surface area contributed by atoms with Crippen LogP contribution in [0.25, 0.3) is 5.69 Å². The fourth-order valence-corrected chi connectivity index (χ4v) is 2.06. The van der Waals surface area contributed by atoms with Crippen molar-refractivity contribution in [1.29, 1.82) is 0 Å². The highest BCUT2D eigenvalue weighted by Gasteiger charge is 2.17. The van der Waals surface area contributed by atoms with Crippen molar-refractivity contribution < 1.29 is 9.13 Å². The Balaban J connectivity index is 1.79. The minimum Gasteiger partial charge on any atom is -0.486 e. The summed E-state index contributed by atoms with van der Waals surface area (Å²) in [5, 5.41) is 7.35. The Morgan fingerprint density at radius 2 is 2.28 bits per heavy atom. The van der Waals surface area contributed by atoms with Crippen molar-refractivity contribution in [3.05, 3.63) is 42.5 Å². The average molecular weight is 247 g/mol. The molecule has 0 saturated carbocycles. The molecule has 0 spiro atoms. The Kier molecular flexibility index (Phi) is 2.98. The molecule has 1 aliphatic rings. The second-order valence-corrected chi connectivity index (χ2v) is 4.30. The molecule has 2 aromatic rings. The molecule has 5 heteroatoms. The lowest BCUT2D eigenvalue weighted by atomic mass is 10.3. The van der Waals surface area contributed by atoms with E-state index in [9.17, 15) is 4.39 Å². The number of benzene rings is 1. The average Bonchev–Trinajstić information content (AvgIpc) is 3.02. The highest BCUT2D eigenvalue weighted by Crippen LogP contribution is 2.18. The third kappa shape index (κ3) is 2.22. The molecular weight excluding hydrogens is 233 g/mol. The van der Waals surface area contributed by atoms with Crippen molar-refractivity contribution in [2.45, 2.75) is 12.5 Å². The Morgan fingerprint density at radius 1 is 1.39 bits per heavy atom. The molecule has 0 bridgehead atoms. The second-order valence-electron chi connectivity index (χ2n) is 4.30. The van der Waals surface area contributed by atoms with E-state index in [0.29, 0.717) is 11.4 Å². The Bertz CT molecular complexity index is 535. The van der Waals surface area contributed by atoms with Gasteiger partial charge in [-0.3, -0.25) is 0 Å². The van der Waals surface area contributed by atoms with Gasteiger partial charge in [-0.2, -0.15) is 5.10 Å². The number of hydrogen-bond donors (Lipinski definition) is 1. The molecule has 1 fully saturated rings. The lowest BCUT2D eigenvalue weighted by molar-refractivity contribution is 0.223. The zero-order chi connectivity index (χ0) is 12.4. The molecule has 0 aliphatic carbocycles. The molecule has 1 aromatic heterocycles. The van der Waals surface area contributed by atoms with Crippen LogP contribution in [0.3, 0.4) is 0 Å². The largest absolute Gasteiger partial charge is 0.486 e. The molecule has 0 radical (unpaired) electrons. The smallest absolute Gasteiger partial charge is 0.158 e. The van der Waals surface area contributed by atoms with E-state index in [4.69, 9.17) is 4.74 Å². The van der Waals surface area contributed by atoms with Crippen LogP contribution < -0.4 is 10.1 Å². The third-order valence-corrected chi connectivity index (χ3v) is 2.98. The van der Waals surface area contributed by atoms with Crippen LogP contribution in [0.5, 0.6) is 5.75 Å². The molecular formula is C13H14FN3O. The van der Waals surface area contributed by atoms with E-state index >= 15 is 0 Å². The standard InChI is InChI=1S/C13H14FN3O/c14-12-3-1-2-4-13(12)17-9-11(8-16-17)18-10-5-6-15-7-10/h1-4,8-10,15H,5-7H2. The molecule has 1 aliphatic heterocycles. The first-order valence-electron chi connectivity index (χ1n) is 6.00. The van der Waals surface area contributed by atoms with Crippen molar-refractivity contribution in [2.24, 2.45) is 0 Å². The van der Waals surface area contributed by atoms with E-state index in [0.717, 1.165) is 19.5 Å². The number of aromatic nitrogens is 2. The third-order valence-electron chi connectivity index (χ3n) is 2.98. The number of halogens is 1. The minimum atomic E-state index is -0.297. The van der Waals surface area contributed by atoms with E-state index in [1.54, 1.807) is 30.6 Å². The SMILES string of the molecule is Fc1ccccc1-n1cc(OC2CCNC2)cn1. The topological polar surface area (TPSA) is 39.1 Å². The lowest BCUT2D eigenvalue weighted by Gasteiger charge is -2.09. The van der Waals surface area contributed by atoms with Crippen LogP contribution in [0.4, 0.5) is 4.39 Å². The Hall–Kier alpha value is -1.88. The van der Waals surface area contributed by atoms with E-state index in [2.05, 4.69) is 10.4 Å². The van der Waals surface area contributed by atoms with Gasteiger partial charge in [-0.25, -0.2) is 9.07 Å². The van der Waals surface area contributed by atoms with Crippen LogP contribution in [-0.4, -0.2) is 29.0 Å². The molecule has 1 atom stereocenters. The number of hydrogen-bond acceptors (Lipinski definition) is 3. The molecule has 4 nitrogen and oxygen atoms in total. The predicted molar refractivity (Wildman–Crippen MR) is 65.4 cm³/mol. The van der Waals surface area contributed by atoms with Crippen LogP contribution in [-0.2, 0) is 0 Å². The summed E-state index contributed by atoms with van der Waals surface area (Å²) in [4.78, 5) is 0. The summed E-state index contributed by atoms with van der Waals surface area (Å²) in [6.07, 6.45) is 4.50. The first-order valence-corrected chi connectivity index (χ1v) is 6.00. The van der Waals surface area contributed by atoms with E-state index in [1.165, 1.54) is 10.7 Å². The number of nitrogens with one attached hydrogen (secondary N) is 1. The lowest BCUT2D eigenvalue weighted by Crippen LogP contribution is -2.19. The van der Waals surface area contributed by atoms with Crippen LogP contribution in [0.1, 0.15) is 6.42 Å². The molecule has 94 valence electrons. The van der Waals surface area contributed by atoms with Gasteiger partial charge in [0.1, 0.15) is 17.6 Å². The van der Waals surface area contributed by atoms with Gasteiger partial charge in [-0.1, -0.05) is 12.1 Å². The van der Waals surface area contributed by atoms with Gasteiger partial charge in [0.05, 0.1) is 12.4 Å². The molecule has 2 heterocycles. The monoisotopic (exact) mass is 247 g/mol. The maximum absolute atomic E-state index is 13.6. The molecule has 0 amide bonds. The minimum absolute atomic E-state index is 0.184. The predicted octanol–water partition coefficient (Wildman–Crippen LogP) is 1.75. The maximum Gasteiger partial charge on any atom is 0.158 e. The van der Waals surface area contributed by atoms with Crippen LogP contribution >= 0.6 is 0 Å². The number of para-hydroxylation sites is 1. The summed E-state index contributed by atoms with van der Waals surface area (Å²) in [5.41, 5.74) is 0.428. The van der Waals surface area contributed by atoms with Gasteiger partial charge >= 0.3 is 0 Å². The highest BCUT2D eigenvalue weighted by atomic mass is 19.1. The van der Waals surface area contributed by atoms with Gasteiger partial charge in [-0.05, 0) is 25.1 Å². The van der Waals surface area contributed by atoms with Gasteiger partial charge in [-0.15, -0.1) is 0 Å². The summed E-state index contributed by atoms with van der Waals surface area (Å²) in [6, 6.07) is 6.53. The summed E-state index contributed by atoms with van der Waals surface area (Å²) in [7, 11) is 0. The van der Waals surface area contributed by atoms with Gasteiger partial charge < -0.3 is 10.1 Å². The van der Waals surface area contributed by atoms with E-state index in [-0.39, 0.29) is 11.9 Å². The fourth-order valence-electron chi connectivity index (χ4n) is 2.06. The maximum atomic E-state index is 13.6. The van der Waals surface area contributed by atoms with Crippen LogP contribution in [0.15, 0.2) is 36.7 Å². The quantitative estimate of drug-likeness (QED) is 0.898. The Labute approximate surface area is 104 Å². The van der Waals surface area contributed by atoms with Crippen molar-refractivity contribution in [1.82, 2.24) is 15.1 Å². The van der Waals surface area contributed by atoms with Gasteiger partial charge in [0.2, 0.25) is 0 Å². The van der Waals surface area contributed by atoms with Crippen molar-refractivity contribution in [2.75, 3.05) is 13.1 Å². The summed E-state index contributed by atoms with van der Waals surface area (Å²) in [6.45, 7) is 1.83. The summed E-state index contributed by atoms with van der Waals surface area (Å²) in [5.74, 6) is 0.377. The highest BCUT2D eigenvalue weighted by molar-refractivity contribution is 5.33. The zero-order valence-corrected chi connectivity index (χ0v) is 9.84. The van der Waals surface area contributed by atoms with Crippen LogP contribution in [0, 0.1) is 5.82 Å². The first kappa shape index (κ1) is 11.2. The number of nitrogens with zero attached hydrogens (tertiary/aromatic N) is 2. The molecule has 3 rings (SSSR count). The van der Waals surface area contributed by atoms with Gasteiger partial charge in [0.25, 0.3) is 0 Å². The van der Waals surface area contributed by atoms with Crippen molar-refractivity contribution in [3.63, 3.8) is 0 Å².